The quantitative estimate of drug-likeness (QED) is 0.530. The van der Waals surface area contributed by atoms with Gasteiger partial charge in [-0.05, 0) is 31.8 Å². The van der Waals surface area contributed by atoms with Crippen molar-refractivity contribution in [1.82, 2.24) is 4.90 Å². The standard InChI is InChI=1S/C13H30NO2PS/c1-6-8-14(9-7-2)10-11-18-17(5,15)16-12-13(3)4/h13H,6-12H2,1-5H3. The maximum atomic E-state index is 12.1. The fourth-order valence-electron chi connectivity index (χ4n) is 1.63. The van der Waals surface area contributed by atoms with Crippen LogP contribution in [0.1, 0.15) is 40.5 Å². The van der Waals surface area contributed by atoms with Gasteiger partial charge in [0.2, 0.25) is 0 Å². The van der Waals surface area contributed by atoms with Crippen LogP contribution in [0.2, 0.25) is 0 Å². The molecule has 18 heavy (non-hydrogen) atoms. The summed E-state index contributed by atoms with van der Waals surface area (Å²) in [5.74, 6) is 1.34. The van der Waals surface area contributed by atoms with Crippen LogP contribution in [0.15, 0.2) is 0 Å². The van der Waals surface area contributed by atoms with Crippen molar-refractivity contribution < 1.29 is 9.09 Å². The molecule has 0 saturated carbocycles. The van der Waals surface area contributed by atoms with E-state index in [2.05, 4.69) is 32.6 Å². The summed E-state index contributed by atoms with van der Waals surface area (Å²) in [5, 5.41) is 0. The third-order valence-electron chi connectivity index (χ3n) is 2.46. The van der Waals surface area contributed by atoms with E-state index in [0.29, 0.717) is 12.5 Å². The van der Waals surface area contributed by atoms with Gasteiger partial charge >= 0.3 is 0 Å². The summed E-state index contributed by atoms with van der Waals surface area (Å²) in [4.78, 5) is 2.44. The van der Waals surface area contributed by atoms with Crippen LogP contribution in [0.25, 0.3) is 0 Å². The summed E-state index contributed by atoms with van der Waals surface area (Å²) in [7, 11) is 0. The number of nitrogens with zero attached hydrogens (tertiary/aromatic N) is 1. The van der Waals surface area contributed by atoms with Crippen LogP contribution in [0.4, 0.5) is 0 Å². The highest BCUT2D eigenvalue weighted by Crippen LogP contribution is 2.56. The average Bonchev–Trinajstić information content (AvgIpc) is 2.27. The van der Waals surface area contributed by atoms with Crippen LogP contribution in [0.5, 0.6) is 0 Å². The van der Waals surface area contributed by atoms with Gasteiger partial charge in [-0.1, -0.05) is 39.1 Å². The third kappa shape index (κ3) is 10.4. The van der Waals surface area contributed by atoms with Crippen LogP contribution in [-0.2, 0) is 9.09 Å². The number of rotatable bonds is 11. The molecule has 0 aliphatic carbocycles. The van der Waals surface area contributed by atoms with Gasteiger partial charge in [0.1, 0.15) is 0 Å². The van der Waals surface area contributed by atoms with Crippen molar-refractivity contribution in [2.75, 3.05) is 38.7 Å². The lowest BCUT2D eigenvalue weighted by atomic mass is 10.2. The molecule has 3 nitrogen and oxygen atoms in total. The molecule has 0 N–H and O–H groups in total. The Hall–Kier alpha value is 0.500. The minimum absolute atomic E-state index is 0.440. The highest BCUT2D eigenvalue weighted by Gasteiger charge is 2.17. The van der Waals surface area contributed by atoms with E-state index < -0.39 is 6.57 Å². The molecule has 0 bridgehead atoms. The number of hydrogen-bond acceptors (Lipinski definition) is 4. The molecule has 1 unspecified atom stereocenters. The summed E-state index contributed by atoms with van der Waals surface area (Å²) in [5.41, 5.74) is 0. The Labute approximate surface area is 117 Å². The maximum Gasteiger partial charge on any atom is 0.254 e. The Balaban J connectivity index is 3.88. The van der Waals surface area contributed by atoms with Gasteiger partial charge in [0.15, 0.2) is 0 Å². The molecule has 0 heterocycles. The van der Waals surface area contributed by atoms with E-state index in [-0.39, 0.29) is 0 Å². The molecule has 1 atom stereocenters. The van der Waals surface area contributed by atoms with Gasteiger partial charge in [-0.2, -0.15) is 0 Å². The van der Waals surface area contributed by atoms with Crippen molar-refractivity contribution >= 4 is 18.0 Å². The SMILES string of the molecule is CCCN(CCC)CCSP(C)(=O)OCC(C)C. The van der Waals surface area contributed by atoms with Gasteiger partial charge in [-0.15, -0.1) is 0 Å². The third-order valence-corrected chi connectivity index (χ3v) is 6.18. The highest BCUT2D eigenvalue weighted by molar-refractivity contribution is 8.56. The van der Waals surface area contributed by atoms with E-state index in [0.717, 1.165) is 25.4 Å². The number of hydrogen-bond donors (Lipinski definition) is 0. The first-order valence-corrected chi connectivity index (χ1v) is 10.7. The van der Waals surface area contributed by atoms with Gasteiger partial charge in [-0.3, -0.25) is 4.57 Å². The summed E-state index contributed by atoms with van der Waals surface area (Å²) < 4.78 is 17.6. The van der Waals surface area contributed by atoms with Crippen LogP contribution < -0.4 is 0 Å². The summed E-state index contributed by atoms with van der Waals surface area (Å²) in [6.07, 6.45) is 2.36. The Morgan fingerprint density at radius 2 is 1.72 bits per heavy atom. The Morgan fingerprint density at radius 1 is 1.17 bits per heavy atom. The molecule has 0 aromatic rings. The first-order chi connectivity index (χ1) is 8.41. The highest BCUT2D eigenvalue weighted by atomic mass is 32.7. The van der Waals surface area contributed by atoms with Crippen LogP contribution in [0, 0.1) is 5.92 Å². The lowest BCUT2D eigenvalue weighted by Crippen LogP contribution is -2.27. The second-order valence-electron chi connectivity index (χ2n) is 5.14. The average molecular weight is 295 g/mol. The molecule has 5 heteroatoms. The molecule has 0 rings (SSSR count). The van der Waals surface area contributed by atoms with Crippen LogP contribution in [-0.4, -0.2) is 43.6 Å². The van der Waals surface area contributed by atoms with Crippen molar-refractivity contribution in [2.45, 2.75) is 40.5 Å². The van der Waals surface area contributed by atoms with E-state index in [1.165, 1.54) is 24.2 Å². The van der Waals surface area contributed by atoms with E-state index >= 15 is 0 Å². The van der Waals surface area contributed by atoms with Gasteiger partial charge in [0.05, 0.1) is 6.61 Å². The van der Waals surface area contributed by atoms with Gasteiger partial charge in [0.25, 0.3) is 6.57 Å². The Morgan fingerprint density at radius 3 is 2.17 bits per heavy atom. The zero-order valence-corrected chi connectivity index (χ0v) is 14.4. The smallest absolute Gasteiger partial charge is 0.254 e. The zero-order chi connectivity index (χ0) is 14.0. The van der Waals surface area contributed by atoms with Crippen molar-refractivity contribution in [2.24, 2.45) is 5.92 Å². The molecule has 0 fully saturated rings. The maximum absolute atomic E-state index is 12.1. The fraction of sp³-hybridized carbons (Fsp3) is 1.00. The lowest BCUT2D eigenvalue weighted by Gasteiger charge is -2.21. The molecule has 0 radical (unpaired) electrons. The van der Waals surface area contributed by atoms with E-state index in [1.807, 2.05) is 0 Å². The minimum Gasteiger partial charge on any atom is -0.321 e. The van der Waals surface area contributed by atoms with Gasteiger partial charge in [-0.25, -0.2) is 0 Å². The lowest BCUT2D eigenvalue weighted by molar-refractivity contribution is 0.281. The molecule has 0 aromatic heterocycles. The van der Waals surface area contributed by atoms with Crippen molar-refractivity contribution in [3.63, 3.8) is 0 Å². The second-order valence-corrected chi connectivity index (χ2v) is 10.4. The fourth-order valence-corrected chi connectivity index (χ4v) is 4.59. The second kappa shape index (κ2) is 10.3. The van der Waals surface area contributed by atoms with E-state index in [1.54, 1.807) is 6.66 Å². The summed E-state index contributed by atoms with van der Waals surface area (Å²) in [6.45, 7) is 11.7. The topological polar surface area (TPSA) is 29.5 Å². The summed E-state index contributed by atoms with van der Waals surface area (Å²) in [6, 6.07) is 0. The first-order valence-electron chi connectivity index (χ1n) is 7.00. The molecule has 0 amide bonds. The largest absolute Gasteiger partial charge is 0.321 e. The van der Waals surface area contributed by atoms with Crippen LogP contribution >= 0.6 is 18.0 Å². The molecular formula is C13H30NO2PS. The predicted octanol–water partition coefficient (Wildman–Crippen LogP) is 4.34. The Bertz CT molecular complexity index is 243. The molecule has 110 valence electrons. The monoisotopic (exact) mass is 295 g/mol. The predicted molar refractivity (Wildman–Crippen MR) is 83.8 cm³/mol. The van der Waals surface area contributed by atoms with Crippen molar-refractivity contribution in [3.8, 4) is 0 Å². The molecule has 0 aliphatic heterocycles. The molecule has 0 aromatic carbocycles. The van der Waals surface area contributed by atoms with E-state index in [4.69, 9.17) is 4.52 Å². The molecule has 0 saturated heterocycles. The van der Waals surface area contributed by atoms with Crippen LogP contribution in [0.3, 0.4) is 0 Å². The minimum atomic E-state index is -2.45. The zero-order valence-electron chi connectivity index (χ0n) is 12.6. The van der Waals surface area contributed by atoms with E-state index in [9.17, 15) is 4.57 Å². The first kappa shape index (κ1) is 18.5. The van der Waals surface area contributed by atoms with Gasteiger partial charge in [0, 0.05) is 19.0 Å². The van der Waals surface area contributed by atoms with Crippen molar-refractivity contribution in [1.29, 1.82) is 0 Å². The Kier molecular flexibility index (Phi) is 10.6. The van der Waals surface area contributed by atoms with Gasteiger partial charge < -0.3 is 9.42 Å². The molecule has 0 spiro atoms. The molecule has 0 aliphatic rings. The normalized spacial score (nSPS) is 15.3. The summed E-state index contributed by atoms with van der Waals surface area (Å²) >= 11 is 1.49. The molecular weight excluding hydrogens is 265 g/mol. The van der Waals surface area contributed by atoms with Crippen molar-refractivity contribution in [3.05, 3.63) is 0 Å².